The second kappa shape index (κ2) is 11.4. The molecule has 7 nitrogen and oxygen atoms in total. The van der Waals surface area contributed by atoms with Crippen molar-refractivity contribution in [2.24, 2.45) is 11.8 Å². The maximum Gasteiger partial charge on any atom is 0.389 e. The molecular formula is C29H32F5N5O2. The summed E-state index contributed by atoms with van der Waals surface area (Å²) in [4.78, 5) is 30.2. The van der Waals surface area contributed by atoms with E-state index in [1.807, 2.05) is 19.1 Å². The number of rotatable bonds is 9. The quantitative estimate of drug-likeness (QED) is 0.295. The average Bonchev–Trinajstić information content (AvgIpc) is 3.67. The zero-order valence-electron chi connectivity index (χ0n) is 22.6. The van der Waals surface area contributed by atoms with Crippen LogP contribution in [0.5, 0.6) is 0 Å². The zero-order chi connectivity index (χ0) is 29.4. The number of nitrogens with zero attached hydrogens (tertiary/aromatic N) is 3. The molecule has 12 heteroatoms. The molecule has 3 aromatic rings. The lowest BCUT2D eigenvalue weighted by atomic mass is 9.81. The number of hydrogen-bond donors (Lipinski definition) is 2. The smallest absolute Gasteiger partial charge is 0.349 e. The number of carbonyl (C=O) groups excluding carboxylic acids is 2. The first-order valence-electron chi connectivity index (χ1n) is 13.8. The molecule has 0 radical (unpaired) electrons. The summed E-state index contributed by atoms with van der Waals surface area (Å²) in [6.45, 7) is 1.82. The first-order valence-corrected chi connectivity index (χ1v) is 13.8. The normalized spacial score (nSPS) is 19.1. The standard InChI is InChI=1S/C29H32F5N5O2/c1-17-4-2-3-5-21(17)27(41)38-26(19-8-11-28(30,31)12-9-19)22-16-39-23(36-22)14-20(15-35-39)25(18-6-7-18)37-24(40)10-13-29(32,33)34/h2-5,14-16,18-19,25-26H,6-13H2,1H3,(H,37,40)(H,38,41)/t25?,26-/m0/s1. The van der Waals surface area contributed by atoms with Crippen molar-refractivity contribution in [3.05, 3.63) is 65.1 Å². The molecule has 1 unspecified atom stereocenters. The lowest BCUT2D eigenvalue weighted by molar-refractivity contribution is -0.144. The Hall–Kier alpha value is -3.57. The molecule has 5 rings (SSSR count). The van der Waals surface area contributed by atoms with Crippen molar-refractivity contribution in [1.82, 2.24) is 25.2 Å². The SMILES string of the molecule is Cc1ccccc1C(=O)N[C@H](c1cn2ncc(C(NC(=O)CCC(F)(F)F)C3CC3)cc2n1)C1CCC(F)(F)CC1. The summed E-state index contributed by atoms with van der Waals surface area (Å²) in [6.07, 6.45) is -1.53. The van der Waals surface area contributed by atoms with Crippen LogP contribution in [-0.2, 0) is 4.79 Å². The molecule has 2 amide bonds. The first kappa shape index (κ1) is 28.9. The average molecular weight is 578 g/mol. The number of carbonyl (C=O) groups is 2. The highest BCUT2D eigenvalue weighted by Gasteiger charge is 2.40. The molecule has 1 aromatic carbocycles. The van der Waals surface area contributed by atoms with Crippen LogP contribution < -0.4 is 10.6 Å². The van der Waals surface area contributed by atoms with E-state index in [0.29, 0.717) is 22.5 Å². The molecule has 41 heavy (non-hydrogen) atoms. The van der Waals surface area contributed by atoms with Gasteiger partial charge in [0, 0.05) is 24.8 Å². The molecule has 2 aromatic heterocycles. The first-order chi connectivity index (χ1) is 19.4. The largest absolute Gasteiger partial charge is 0.389 e. The van der Waals surface area contributed by atoms with Gasteiger partial charge in [0.2, 0.25) is 11.8 Å². The Labute approximate surface area is 233 Å². The monoisotopic (exact) mass is 577 g/mol. The highest BCUT2D eigenvalue weighted by atomic mass is 19.4. The van der Waals surface area contributed by atoms with E-state index in [4.69, 9.17) is 4.98 Å². The van der Waals surface area contributed by atoms with Crippen molar-refractivity contribution in [3.63, 3.8) is 0 Å². The molecule has 2 atom stereocenters. The van der Waals surface area contributed by atoms with E-state index in [-0.39, 0.29) is 43.4 Å². The van der Waals surface area contributed by atoms with Gasteiger partial charge < -0.3 is 10.6 Å². The van der Waals surface area contributed by atoms with Crippen LogP contribution in [0.4, 0.5) is 22.0 Å². The number of fused-ring (bicyclic) bond motifs is 1. The van der Waals surface area contributed by atoms with Crippen LogP contribution in [0.15, 0.2) is 42.7 Å². The second-order valence-corrected chi connectivity index (χ2v) is 11.2. The van der Waals surface area contributed by atoms with Gasteiger partial charge in [0.05, 0.1) is 36.6 Å². The Bertz CT molecular complexity index is 1410. The number of aromatic nitrogens is 3. The van der Waals surface area contributed by atoms with Gasteiger partial charge in [0.25, 0.3) is 5.91 Å². The molecule has 0 saturated heterocycles. The molecule has 0 aliphatic heterocycles. The third kappa shape index (κ3) is 7.20. The van der Waals surface area contributed by atoms with Gasteiger partial charge in [-0.2, -0.15) is 18.3 Å². The van der Waals surface area contributed by atoms with Gasteiger partial charge in [-0.05, 0) is 67.7 Å². The molecule has 0 spiro atoms. The molecule has 2 saturated carbocycles. The van der Waals surface area contributed by atoms with Crippen LogP contribution in [0.25, 0.3) is 5.65 Å². The number of aryl methyl sites for hydroxylation is 1. The van der Waals surface area contributed by atoms with Crippen molar-refractivity contribution in [2.75, 3.05) is 0 Å². The number of halogens is 5. The number of benzene rings is 1. The van der Waals surface area contributed by atoms with Crippen molar-refractivity contribution in [3.8, 4) is 0 Å². The van der Waals surface area contributed by atoms with E-state index in [1.54, 1.807) is 30.6 Å². The molecule has 2 fully saturated rings. The fourth-order valence-corrected chi connectivity index (χ4v) is 5.51. The number of hydrogen-bond acceptors (Lipinski definition) is 4. The van der Waals surface area contributed by atoms with Crippen LogP contribution in [0.3, 0.4) is 0 Å². The predicted octanol–water partition coefficient (Wildman–Crippen LogP) is 6.24. The Balaban J connectivity index is 1.40. The maximum atomic E-state index is 14.0. The van der Waals surface area contributed by atoms with Crippen LogP contribution in [-0.4, -0.2) is 38.5 Å². The van der Waals surface area contributed by atoms with Crippen LogP contribution in [0.2, 0.25) is 0 Å². The van der Waals surface area contributed by atoms with Crippen LogP contribution in [0, 0.1) is 18.8 Å². The van der Waals surface area contributed by atoms with Gasteiger partial charge in [-0.3, -0.25) is 9.59 Å². The van der Waals surface area contributed by atoms with Crippen LogP contribution in [0.1, 0.15) is 90.6 Å². The Morgan fingerprint density at radius 1 is 1.05 bits per heavy atom. The molecule has 2 aliphatic carbocycles. The van der Waals surface area contributed by atoms with Gasteiger partial charge in [-0.1, -0.05) is 18.2 Å². The lowest BCUT2D eigenvalue weighted by Crippen LogP contribution is -2.37. The van der Waals surface area contributed by atoms with Crippen molar-refractivity contribution >= 4 is 17.5 Å². The highest BCUT2D eigenvalue weighted by Crippen LogP contribution is 2.43. The fraction of sp³-hybridized carbons (Fsp3) is 0.517. The van der Waals surface area contributed by atoms with Gasteiger partial charge in [0.1, 0.15) is 0 Å². The minimum atomic E-state index is -4.42. The highest BCUT2D eigenvalue weighted by molar-refractivity contribution is 5.95. The van der Waals surface area contributed by atoms with Crippen molar-refractivity contribution in [2.45, 2.75) is 82.5 Å². The van der Waals surface area contributed by atoms with E-state index in [1.165, 1.54) is 4.52 Å². The topological polar surface area (TPSA) is 88.4 Å². The summed E-state index contributed by atoms with van der Waals surface area (Å²) in [6, 6.07) is 7.70. The van der Waals surface area contributed by atoms with E-state index < -0.39 is 42.9 Å². The molecular weight excluding hydrogens is 545 g/mol. The molecule has 2 heterocycles. The minimum absolute atomic E-state index is 0.0913. The fourth-order valence-electron chi connectivity index (χ4n) is 5.51. The number of nitrogens with one attached hydrogen (secondary N) is 2. The van der Waals surface area contributed by atoms with Gasteiger partial charge in [-0.15, -0.1) is 0 Å². The number of amides is 2. The van der Waals surface area contributed by atoms with Gasteiger partial charge >= 0.3 is 6.18 Å². The third-order valence-corrected chi connectivity index (χ3v) is 7.99. The summed E-state index contributed by atoms with van der Waals surface area (Å²) < 4.78 is 67.2. The van der Waals surface area contributed by atoms with Gasteiger partial charge in [-0.25, -0.2) is 18.3 Å². The van der Waals surface area contributed by atoms with Crippen molar-refractivity contribution < 1.29 is 31.5 Å². The Morgan fingerprint density at radius 2 is 1.73 bits per heavy atom. The summed E-state index contributed by atoms with van der Waals surface area (Å²) in [5.74, 6) is -3.92. The summed E-state index contributed by atoms with van der Waals surface area (Å²) in [7, 11) is 0. The lowest BCUT2D eigenvalue weighted by Gasteiger charge is -2.33. The third-order valence-electron chi connectivity index (χ3n) is 7.99. The molecule has 2 N–H and O–H groups in total. The predicted molar refractivity (Wildman–Crippen MR) is 140 cm³/mol. The molecule has 0 bridgehead atoms. The number of imidazole rings is 1. The Morgan fingerprint density at radius 3 is 2.39 bits per heavy atom. The molecule has 2 aliphatic rings. The van der Waals surface area contributed by atoms with E-state index in [9.17, 15) is 31.5 Å². The zero-order valence-corrected chi connectivity index (χ0v) is 22.6. The summed E-state index contributed by atoms with van der Waals surface area (Å²) >= 11 is 0. The summed E-state index contributed by atoms with van der Waals surface area (Å²) in [5, 5.41) is 10.2. The van der Waals surface area contributed by atoms with E-state index >= 15 is 0 Å². The number of alkyl halides is 5. The Kier molecular flexibility index (Phi) is 8.02. The van der Waals surface area contributed by atoms with Crippen molar-refractivity contribution in [1.29, 1.82) is 0 Å². The van der Waals surface area contributed by atoms with Crippen LogP contribution >= 0.6 is 0 Å². The van der Waals surface area contributed by atoms with E-state index in [0.717, 1.165) is 18.4 Å². The minimum Gasteiger partial charge on any atom is -0.349 e. The van der Waals surface area contributed by atoms with E-state index in [2.05, 4.69) is 15.7 Å². The maximum absolute atomic E-state index is 14.0. The van der Waals surface area contributed by atoms with Gasteiger partial charge in [0.15, 0.2) is 5.65 Å². The molecule has 220 valence electrons. The summed E-state index contributed by atoms with van der Waals surface area (Å²) in [5.41, 5.74) is 2.78. The second-order valence-electron chi connectivity index (χ2n) is 11.2.